The number of piperazine rings is 1. The van der Waals surface area contributed by atoms with Crippen molar-refractivity contribution in [1.29, 1.82) is 0 Å². The monoisotopic (exact) mass is 394 g/mol. The highest BCUT2D eigenvalue weighted by Crippen LogP contribution is 2.27. The zero-order valence-electron chi connectivity index (χ0n) is 17.0. The Morgan fingerprint density at radius 3 is 3.03 bits per heavy atom. The largest absolute Gasteiger partial charge is 0.493 e. The van der Waals surface area contributed by atoms with Gasteiger partial charge in [-0.05, 0) is 32.9 Å². The number of aromatic nitrogens is 3. The third kappa shape index (κ3) is 4.17. The van der Waals surface area contributed by atoms with Gasteiger partial charge in [-0.1, -0.05) is 0 Å². The van der Waals surface area contributed by atoms with Gasteiger partial charge in [-0.2, -0.15) is 0 Å². The molecule has 0 aliphatic carbocycles. The van der Waals surface area contributed by atoms with Crippen LogP contribution in [0, 0.1) is 6.92 Å². The normalized spacial score (nSPS) is 16.8. The van der Waals surface area contributed by atoms with Crippen molar-refractivity contribution in [1.82, 2.24) is 19.7 Å². The lowest BCUT2D eigenvalue weighted by Gasteiger charge is -2.34. The Hall–Kier alpha value is -3.13. The van der Waals surface area contributed by atoms with Gasteiger partial charge in [0.05, 0.1) is 30.3 Å². The molecule has 0 bridgehead atoms. The van der Waals surface area contributed by atoms with Gasteiger partial charge in [0.2, 0.25) is 0 Å². The molecule has 1 aromatic carbocycles. The van der Waals surface area contributed by atoms with Crippen molar-refractivity contribution in [3.05, 3.63) is 48.0 Å². The summed E-state index contributed by atoms with van der Waals surface area (Å²) in [5.41, 5.74) is 3.19. The van der Waals surface area contributed by atoms with E-state index in [1.807, 2.05) is 42.6 Å². The molecular weight excluding hydrogens is 368 g/mol. The standard InChI is InChI=1S/C21H26N6O2/c1-4-29-18-9-16(26-8-7-22-14(2)11-26)5-6-17(18)21(28)25-19-13-27-12-15(3)24-20(27)10-23-19/h5-6,9-10,12-14,22H,4,7-8,11H2,1-3H3,(H,25,28). The van der Waals surface area contributed by atoms with Crippen molar-refractivity contribution in [2.75, 3.05) is 36.5 Å². The van der Waals surface area contributed by atoms with Crippen LogP contribution >= 0.6 is 0 Å². The lowest BCUT2D eigenvalue weighted by molar-refractivity contribution is 0.102. The van der Waals surface area contributed by atoms with Gasteiger partial charge < -0.3 is 24.7 Å². The fraction of sp³-hybridized carbons (Fsp3) is 0.381. The number of carbonyl (C=O) groups is 1. The summed E-state index contributed by atoms with van der Waals surface area (Å²) in [6.07, 6.45) is 5.28. The van der Waals surface area contributed by atoms with E-state index in [0.29, 0.717) is 29.8 Å². The molecule has 0 saturated carbocycles. The molecule has 8 heteroatoms. The SMILES string of the molecule is CCOc1cc(N2CCNC(C)C2)ccc1C(=O)Nc1cn2cc(C)nc2cn1. The highest BCUT2D eigenvalue weighted by atomic mass is 16.5. The van der Waals surface area contributed by atoms with E-state index in [0.717, 1.165) is 36.7 Å². The Labute approximate surface area is 169 Å². The molecule has 1 fully saturated rings. The molecule has 152 valence electrons. The Bertz CT molecular complexity index is 1030. The summed E-state index contributed by atoms with van der Waals surface area (Å²) in [6, 6.07) is 6.18. The quantitative estimate of drug-likeness (QED) is 0.692. The summed E-state index contributed by atoms with van der Waals surface area (Å²) >= 11 is 0. The van der Waals surface area contributed by atoms with Crippen molar-refractivity contribution < 1.29 is 9.53 Å². The molecule has 1 saturated heterocycles. The zero-order valence-corrected chi connectivity index (χ0v) is 17.0. The molecule has 1 aliphatic rings. The number of aryl methyl sites for hydroxylation is 1. The van der Waals surface area contributed by atoms with E-state index in [1.54, 1.807) is 12.4 Å². The summed E-state index contributed by atoms with van der Waals surface area (Å²) in [5, 5.41) is 6.30. The molecule has 1 atom stereocenters. The third-order valence-electron chi connectivity index (χ3n) is 4.95. The molecule has 1 aliphatic heterocycles. The van der Waals surface area contributed by atoms with Gasteiger partial charge in [-0.25, -0.2) is 9.97 Å². The number of hydrogen-bond donors (Lipinski definition) is 2. The summed E-state index contributed by atoms with van der Waals surface area (Å²) < 4.78 is 7.63. The number of imidazole rings is 1. The van der Waals surface area contributed by atoms with Crippen LogP contribution in [0.3, 0.4) is 0 Å². The van der Waals surface area contributed by atoms with Crippen LogP contribution < -0.4 is 20.3 Å². The molecule has 0 spiro atoms. The summed E-state index contributed by atoms with van der Waals surface area (Å²) in [4.78, 5) is 23.9. The molecule has 29 heavy (non-hydrogen) atoms. The third-order valence-corrected chi connectivity index (χ3v) is 4.95. The number of ether oxygens (including phenoxy) is 1. The fourth-order valence-corrected chi connectivity index (χ4v) is 3.61. The van der Waals surface area contributed by atoms with Gasteiger partial charge in [-0.15, -0.1) is 0 Å². The Kier molecular flexibility index (Phi) is 5.35. The molecule has 1 amide bonds. The topological polar surface area (TPSA) is 83.8 Å². The van der Waals surface area contributed by atoms with Gasteiger partial charge >= 0.3 is 0 Å². The molecule has 4 rings (SSSR count). The van der Waals surface area contributed by atoms with E-state index in [2.05, 4.69) is 32.4 Å². The van der Waals surface area contributed by atoms with Crippen molar-refractivity contribution in [3.63, 3.8) is 0 Å². The molecule has 0 radical (unpaired) electrons. The molecule has 3 heterocycles. The number of amides is 1. The second kappa shape index (κ2) is 8.08. The smallest absolute Gasteiger partial charge is 0.260 e. The lowest BCUT2D eigenvalue weighted by Crippen LogP contribution is -2.49. The van der Waals surface area contributed by atoms with Crippen LogP contribution in [0.25, 0.3) is 5.65 Å². The Morgan fingerprint density at radius 1 is 1.38 bits per heavy atom. The maximum atomic E-state index is 12.9. The number of nitrogens with zero attached hydrogens (tertiary/aromatic N) is 4. The van der Waals surface area contributed by atoms with Gasteiger partial charge in [-0.3, -0.25) is 4.79 Å². The minimum Gasteiger partial charge on any atom is -0.493 e. The van der Waals surface area contributed by atoms with E-state index in [1.165, 1.54) is 0 Å². The highest BCUT2D eigenvalue weighted by molar-refractivity contribution is 6.06. The van der Waals surface area contributed by atoms with Gasteiger partial charge in [0.1, 0.15) is 11.6 Å². The van der Waals surface area contributed by atoms with E-state index >= 15 is 0 Å². The maximum Gasteiger partial charge on any atom is 0.260 e. The number of hydrogen-bond acceptors (Lipinski definition) is 6. The van der Waals surface area contributed by atoms with Crippen LogP contribution in [0.15, 0.2) is 36.8 Å². The molecule has 1 unspecified atom stereocenters. The van der Waals surface area contributed by atoms with Crippen molar-refractivity contribution in [3.8, 4) is 5.75 Å². The molecular formula is C21H26N6O2. The van der Waals surface area contributed by atoms with Crippen LogP contribution in [0.5, 0.6) is 5.75 Å². The Morgan fingerprint density at radius 2 is 2.24 bits per heavy atom. The van der Waals surface area contributed by atoms with E-state index in [9.17, 15) is 4.79 Å². The van der Waals surface area contributed by atoms with Gasteiger partial charge in [0.15, 0.2) is 5.65 Å². The first-order valence-corrected chi connectivity index (χ1v) is 9.91. The molecule has 3 aromatic rings. The van der Waals surface area contributed by atoms with Crippen LogP contribution in [-0.4, -0.2) is 52.6 Å². The van der Waals surface area contributed by atoms with Crippen LogP contribution in [0.2, 0.25) is 0 Å². The summed E-state index contributed by atoms with van der Waals surface area (Å²) in [5.74, 6) is 0.785. The minimum atomic E-state index is -0.252. The van der Waals surface area contributed by atoms with Gasteiger partial charge in [0, 0.05) is 43.6 Å². The first-order chi connectivity index (χ1) is 14.0. The first kappa shape index (κ1) is 19.2. The van der Waals surface area contributed by atoms with Crippen molar-refractivity contribution in [2.24, 2.45) is 0 Å². The average molecular weight is 394 g/mol. The van der Waals surface area contributed by atoms with E-state index < -0.39 is 0 Å². The number of benzene rings is 1. The number of anilines is 2. The van der Waals surface area contributed by atoms with Crippen molar-refractivity contribution >= 4 is 23.1 Å². The maximum absolute atomic E-state index is 12.9. The first-order valence-electron chi connectivity index (χ1n) is 9.91. The summed E-state index contributed by atoms with van der Waals surface area (Å²) in [6.45, 7) is 9.28. The fourth-order valence-electron chi connectivity index (χ4n) is 3.61. The highest BCUT2D eigenvalue weighted by Gasteiger charge is 2.20. The molecule has 8 nitrogen and oxygen atoms in total. The Balaban J connectivity index is 1.57. The van der Waals surface area contributed by atoms with Gasteiger partial charge in [0.25, 0.3) is 5.91 Å². The zero-order chi connectivity index (χ0) is 20.4. The average Bonchev–Trinajstić information content (AvgIpc) is 3.07. The van der Waals surface area contributed by atoms with Crippen molar-refractivity contribution in [2.45, 2.75) is 26.8 Å². The van der Waals surface area contributed by atoms with Crippen LogP contribution in [-0.2, 0) is 0 Å². The number of carbonyl (C=O) groups excluding carboxylic acids is 1. The predicted octanol–water partition coefficient (Wildman–Crippen LogP) is 2.49. The number of rotatable bonds is 5. The predicted molar refractivity (Wildman–Crippen MR) is 113 cm³/mol. The van der Waals surface area contributed by atoms with E-state index in [-0.39, 0.29) is 5.91 Å². The molecule has 2 aromatic heterocycles. The van der Waals surface area contributed by atoms with Crippen LogP contribution in [0.4, 0.5) is 11.5 Å². The summed E-state index contributed by atoms with van der Waals surface area (Å²) in [7, 11) is 0. The molecule has 2 N–H and O–H groups in total. The second-order valence-electron chi connectivity index (χ2n) is 7.29. The minimum absolute atomic E-state index is 0.252. The second-order valence-corrected chi connectivity index (χ2v) is 7.29. The lowest BCUT2D eigenvalue weighted by atomic mass is 10.1. The number of nitrogens with one attached hydrogen (secondary N) is 2. The number of fused-ring (bicyclic) bond motifs is 1. The van der Waals surface area contributed by atoms with E-state index in [4.69, 9.17) is 4.74 Å². The van der Waals surface area contributed by atoms with Crippen LogP contribution in [0.1, 0.15) is 29.9 Å².